The second-order valence-corrected chi connectivity index (χ2v) is 9.63. The van der Waals surface area contributed by atoms with Crippen molar-refractivity contribution in [3.05, 3.63) is 65.5 Å². The first-order valence-electron chi connectivity index (χ1n) is 9.53. The predicted molar refractivity (Wildman–Crippen MR) is 119 cm³/mol. The number of ether oxygens (including phenoxy) is 1. The molecule has 33 heavy (non-hydrogen) atoms. The Kier molecular flexibility index (Phi) is 6.44. The van der Waals surface area contributed by atoms with Crippen LogP contribution in [0.4, 0.5) is 5.13 Å². The molecule has 170 valence electrons. The Hall–Kier alpha value is -3.68. The van der Waals surface area contributed by atoms with Gasteiger partial charge in [0.05, 0.1) is 13.7 Å². The minimum absolute atomic E-state index is 0.0585. The number of sulfonamides is 1. The minimum Gasteiger partial charge on any atom is -0.497 e. The van der Waals surface area contributed by atoms with Crippen LogP contribution in [0.5, 0.6) is 5.75 Å². The molecular weight excluding hydrogens is 468 g/mol. The van der Waals surface area contributed by atoms with Gasteiger partial charge in [0.1, 0.15) is 5.75 Å². The van der Waals surface area contributed by atoms with E-state index in [0.29, 0.717) is 22.7 Å². The van der Waals surface area contributed by atoms with Gasteiger partial charge in [0, 0.05) is 11.1 Å². The SMILES string of the molecule is COc1ccc(-c2noc(CNS(=O)(=O)c3nnc(NC(=O)c4ccccc4C)s3)n2)cc1. The van der Waals surface area contributed by atoms with Crippen LogP contribution in [0.2, 0.25) is 0 Å². The zero-order valence-electron chi connectivity index (χ0n) is 17.5. The third-order valence-corrected chi connectivity index (χ3v) is 7.08. The highest BCUT2D eigenvalue weighted by Crippen LogP contribution is 2.22. The fourth-order valence-electron chi connectivity index (χ4n) is 2.76. The predicted octanol–water partition coefficient (Wildman–Crippen LogP) is 2.64. The first-order chi connectivity index (χ1) is 15.9. The number of nitrogens with one attached hydrogen (secondary N) is 2. The average Bonchev–Trinajstić information content (AvgIpc) is 3.48. The van der Waals surface area contributed by atoms with Crippen molar-refractivity contribution in [3.63, 3.8) is 0 Å². The summed E-state index contributed by atoms with van der Waals surface area (Å²) in [7, 11) is -2.45. The fraction of sp³-hybridized carbons (Fsp3) is 0.150. The van der Waals surface area contributed by atoms with E-state index in [2.05, 4.69) is 30.4 Å². The highest BCUT2D eigenvalue weighted by atomic mass is 32.2. The Morgan fingerprint density at radius 3 is 2.61 bits per heavy atom. The van der Waals surface area contributed by atoms with Crippen LogP contribution in [0.1, 0.15) is 21.8 Å². The largest absolute Gasteiger partial charge is 0.497 e. The Bertz CT molecular complexity index is 1380. The van der Waals surface area contributed by atoms with Crippen LogP contribution in [-0.4, -0.2) is 41.8 Å². The average molecular weight is 487 g/mol. The molecule has 0 spiro atoms. The van der Waals surface area contributed by atoms with E-state index in [9.17, 15) is 13.2 Å². The molecule has 13 heteroatoms. The number of nitrogens with zero attached hydrogens (tertiary/aromatic N) is 4. The summed E-state index contributed by atoms with van der Waals surface area (Å²) in [4.78, 5) is 16.6. The molecule has 1 amide bonds. The molecule has 0 saturated heterocycles. The van der Waals surface area contributed by atoms with Gasteiger partial charge in [-0.05, 0) is 42.8 Å². The number of amides is 1. The summed E-state index contributed by atoms with van der Waals surface area (Å²) >= 11 is 0.726. The van der Waals surface area contributed by atoms with Crippen molar-refractivity contribution in [2.75, 3.05) is 12.4 Å². The lowest BCUT2D eigenvalue weighted by Crippen LogP contribution is -2.23. The number of rotatable bonds is 8. The van der Waals surface area contributed by atoms with Gasteiger partial charge in [-0.25, -0.2) is 8.42 Å². The van der Waals surface area contributed by atoms with Gasteiger partial charge in [0.2, 0.25) is 21.2 Å². The van der Waals surface area contributed by atoms with E-state index in [1.807, 2.05) is 6.07 Å². The third-order valence-electron chi connectivity index (χ3n) is 4.48. The first-order valence-corrected chi connectivity index (χ1v) is 11.8. The van der Waals surface area contributed by atoms with Crippen molar-refractivity contribution in [1.82, 2.24) is 25.1 Å². The van der Waals surface area contributed by atoms with Crippen LogP contribution in [0.25, 0.3) is 11.4 Å². The number of aromatic nitrogens is 4. The van der Waals surface area contributed by atoms with Gasteiger partial charge in [0.25, 0.3) is 15.9 Å². The van der Waals surface area contributed by atoms with E-state index >= 15 is 0 Å². The maximum absolute atomic E-state index is 12.6. The molecule has 4 rings (SSSR count). The summed E-state index contributed by atoms with van der Waals surface area (Å²) in [5, 5.41) is 13.9. The molecule has 0 radical (unpaired) electrons. The lowest BCUT2D eigenvalue weighted by molar-refractivity contribution is 0.102. The zero-order chi connectivity index (χ0) is 23.4. The summed E-state index contributed by atoms with van der Waals surface area (Å²) in [6.07, 6.45) is 0. The lowest BCUT2D eigenvalue weighted by atomic mass is 10.1. The number of aryl methyl sites for hydroxylation is 1. The number of hydrogen-bond donors (Lipinski definition) is 2. The van der Waals surface area contributed by atoms with E-state index in [-0.39, 0.29) is 21.9 Å². The van der Waals surface area contributed by atoms with Crippen molar-refractivity contribution in [2.24, 2.45) is 0 Å². The van der Waals surface area contributed by atoms with E-state index in [1.54, 1.807) is 56.5 Å². The van der Waals surface area contributed by atoms with Gasteiger partial charge >= 0.3 is 0 Å². The number of methoxy groups -OCH3 is 1. The normalized spacial score (nSPS) is 11.3. The zero-order valence-corrected chi connectivity index (χ0v) is 19.1. The van der Waals surface area contributed by atoms with Gasteiger partial charge in [-0.2, -0.15) is 9.71 Å². The second-order valence-electron chi connectivity index (χ2n) is 6.71. The van der Waals surface area contributed by atoms with Crippen molar-refractivity contribution < 1.29 is 22.5 Å². The fourth-order valence-corrected chi connectivity index (χ4v) is 4.67. The van der Waals surface area contributed by atoms with E-state index in [4.69, 9.17) is 9.26 Å². The molecule has 0 fully saturated rings. The van der Waals surface area contributed by atoms with Gasteiger partial charge in [0.15, 0.2) is 0 Å². The second kappa shape index (κ2) is 9.44. The van der Waals surface area contributed by atoms with Crippen LogP contribution >= 0.6 is 11.3 Å². The van der Waals surface area contributed by atoms with Gasteiger partial charge < -0.3 is 9.26 Å². The molecule has 0 saturated carbocycles. The molecule has 2 aromatic heterocycles. The quantitative estimate of drug-likeness (QED) is 0.358. The van der Waals surface area contributed by atoms with Crippen LogP contribution in [0.3, 0.4) is 0 Å². The van der Waals surface area contributed by atoms with Gasteiger partial charge in [-0.3, -0.25) is 10.1 Å². The van der Waals surface area contributed by atoms with Crippen molar-refractivity contribution in [1.29, 1.82) is 0 Å². The molecule has 0 unspecified atom stereocenters. The molecule has 0 atom stereocenters. The maximum atomic E-state index is 12.6. The molecular formula is C20H18N6O5S2. The Morgan fingerprint density at radius 2 is 1.88 bits per heavy atom. The van der Waals surface area contributed by atoms with Crippen LogP contribution < -0.4 is 14.8 Å². The molecule has 11 nitrogen and oxygen atoms in total. The Morgan fingerprint density at radius 1 is 1.12 bits per heavy atom. The third kappa shape index (κ3) is 5.22. The van der Waals surface area contributed by atoms with Crippen LogP contribution in [0, 0.1) is 6.92 Å². The first kappa shape index (κ1) is 22.5. The number of anilines is 1. The molecule has 2 heterocycles. The maximum Gasteiger partial charge on any atom is 0.270 e. The summed E-state index contributed by atoms with van der Waals surface area (Å²) in [6.45, 7) is 1.56. The lowest BCUT2D eigenvalue weighted by Gasteiger charge is -2.04. The van der Waals surface area contributed by atoms with Crippen molar-refractivity contribution in [3.8, 4) is 17.1 Å². The van der Waals surface area contributed by atoms with Gasteiger partial charge in [-0.1, -0.05) is 34.7 Å². The molecule has 0 aliphatic heterocycles. The van der Waals surface area contributed by atoms with E-state index in [0.717, 1.165) is 16.9 Å². The van der Waals surface area contributed by atoms with Crippen LogP contribution in [-0.2, 0) is 16.6 Å². The minimum atomic E-state index is -4.01. The molecule has 0 bridgehead atoms. The number of benzene rings is 2. The highest BCUT2D eigenvalue weighted by molar-refractivity contribution is 7.91. The molecule has 0 aliphatic carbocycles. The summed E-state index contributed by atoms with van der Waals surface area (Å²) < 4.78 is 37.4. The van der Waals surface area contributed by atoms with E-state index < -0.39 is 15.9 Å². The standard InChI is InChI=1S/C20H18N6O5S2/c1-12-5-3-4-6-15(12)18(27)23-19-24-25-20(32-19)33(28,29)21-11-16-22-17(26-31-16)13-7-9-14(30-2)10-8-13/h3-10,21H,11H2,1-2H3,(H,23,24,27). The number of hydrogen-bond acceptors (Lipinski definition) is 10. The van der Waals surface area contributed by atoms with Gasteiger partial charge in [-0.15, -0.1) is 10.2 Å². The smallest absolute Gasteiger partial charge is 0.270 e. The Balaban J connectivity index is 1.39. The highest BCUT2D eigenvalue weighted by Gasteiger charge is 2.22. The number of carbonyl (C=O) groups is 1. The van der Waals surface area contributed by atoms with E-state index in [1.165, 1.54) is 0 Å². The van der Waals surface area contributed by atoms with Crippen LogP contribution in [0.15, 0.2) is 57.4 Å². The summed E-state index contributed by atoms with van der Waals surface area (Å²) in [5.74, 6) is 0.658. The molecule has 2 aromatic carbocycles. The summed E-state index contributed by atoms with van der Waals surface area (Å²) in [6, 6.07) is 14.0. The number of carbonyl (C=O) groups excluding carboxylic acids is 1. The monoisotopic (exact) mass is 486 g/mol. The topological polar surface area (TPSA) is 149 Å². The Labute approximate surface area is 192 Å². The molecule has 0 aliphatic rings. The molecule has 4 aromatic rings. The molecule has 2 N–H and O–H groups in total. The van der Waals surface area contributed by atoms with Crippen molar-refractivity contribution in [2.45, 2.75) is 17.8 Å². The van der Waals surface area contributed by atoms with Crippen molar-refractivity contribution >= 4 is 32.4 Å². The summed E-state index contributed by atoms with van der Waals surface area (Å²) in [5.41, 5.74) is 1.92.